The summed E-state index contributed by atoms with van der Waals surface area (Å²) >= 11 is 0. The monoisotopic (exact) mass is 379 g/mol. The van der Waals surface area contributed by atoms with Gasteiger partial charge in [0.15, 0.2) is 5.82 Å². The van der Waals surface area contributed by atoms with E-state index in [2.05, 4.69) is 46.0 Å². The Labute approximate surface area is 165 Å². The second kappa shape index (κ2) is 6.99. The van der Waals surface area contributed by atoms with E-state index >= 15 is 0 Å². The van der Waals surface area contributed by atoms with Gasteiger partial charge in [-0.05, 0) is 42.9 Å². The lowest BCUT2D eigenvalue weighted by molar-refractivity contribution is 0.0527. The third-order valence-electron chi connectivity index (χ3n) is 6.94. The summed E-state index contributed by atoms with van der Waals surface area (Å²) in [6.45, 7) is 5.82. The van der Waals surface area contributed by atoms with Crippen molar-refractivity contribution < 1.29 is 5.11 Å². The molecule has 0 amide bonds. The van der Waals surface area contributed by atoms with Crippen LogP contribution in [0.2, 0.25) is 0 Å². The van der Waals surface area contributed by atoms with Crippen LogP contribution in [0.1, 0.15) is 39.5 Å². The van der Waals surface area contributed by atoms with Crippen molar-refractivity contribution in [3.63, 3.8) is 0 Å². The number of nitrogens with zero attached hydrogens (tertiary/aromatic N) is 5. The fraction of sp³-hybridized carbons (Fsp3) is 0.591. The molecule has 0 spiro atoms. The standard InChI is InChI=1S/C22H29N5O/c1-14-11-26(12-15(2)22(14)28)20-9-21(24-13-23-20)27-19-8-17(16-4-3-5-16)6-7-18(19)10-25-27/h7-10,13-17,22,28H,3-6,11-12H2,1-2H3/t14-,15?,17?,22?/m0/s1. The maximum absolute atomic E-state index is 10.3. The average molecular weight is 380 g/mol. The number of fused-ring (bicyclic) bond motifs is 1. The summed E-state index contributed by atoms with van der Waals surface area (Å²) in [5.74, 6) is 3.64. The van der Waals surface area contributed by atoms with E-state index in [1.165, 1.54) is 29.8 Å². The fourth-order valence-corrected chi connectivity index (χ4v) is 4.97. The van der Waals surface area contributed by atoms with Crippen molar-refractivity contribution in [1.82, 2.24) is 19.7 Å². The van der Waals surface area contributed by atoms with Gasteiger partial charge in [0, 0.05) is 24.4 Å². The number of aliphatic hydroxyl groups excluding tert-OH is 1. The molecule has 0 radical (unpaired) electrons. The predicted molar refractivity (Wildman–Crippen MR) is 109 cm³/mol. The van der Waals surface area contributed by atoms with Crippen molar-refractivity contribution in [3.8, 4) is 5.82 Å². The van der Waals surface area contributed by atoms with Crippen LogP contribution in [-0.4, -0.2) is 44.0 Å². The molecule has 6 heteroatoms. The Morgan fingerprint density at radius 3 is 2.54 bits per heavy atom. The molecule has 0 bridgehead atoms. The van der Waals surface area contributed by atoms with E-state index in [1.807, 2.05) is 16.9 Å². The lowest BCUT2D eigenvalue weighted by atomic mass is 9.73. The highest BCUT2D eigenvalue weighted by molar-refractivity contribution is 5.46. The largest absolute Gasteiger partial charge is 0.392 e. The zero-order chi connectivity index (χ0) is 19.3. The van der Waals surface area contributed by atoms with E-state index in [-0.39, 0.29) is 17.9 Å². The first-order valence-corrected chi connectivity index (χ1v) is 10.6. The smallest absolute Gasteiger partial charge is 0.159 e. The molecule has 2 aromatic heterocycles. The number of piperidine rings is 1. The van der Waals surface area contributed by atoms with Gasteiger partial charge in [-0.25, -0.2) is 14.6 Å². The summed E-state index contributed by atoms with van der Waals surface area (Å²) in [6.07, 6.45) is 13.3. The quantitative estimate of drug-likeness (QED) is 0.875. The lowest BCUT2D eigenvalue weighted by Crippen LogP contribution is -2.47. The van der Waals surface area contributed by atoms with Gasteiger partial charge >= 0.3 is 0 Å². The van der Waals surface area contributed by atoms with Crippen LogP contribution in [0.25, 0.3) is 18.0 Å². The van der Waals surface area contributed by atoms with Gasteiger partial charge < -0.3 is 10.0 Å². The number of aliphatic hydroxyl groups is 1. The molecule has 2 fully saturated rings. The molecule has 1 N–H and O–H groups in total. The first kappa shape index (κ1) is 17.9. The molecule has 1 aliphatic heterocycles. The van der Waals surface area contributed by atoms with Crippen molar-refractivity contribution >= 4 is 18.0 Å². The molecule has 2 aliphatic carbocycles. The molecule has 0 aromatic carbocycles. The lowest BCUT2D eigenvalue weighted by Gasteiger charge is -2.39. The van der Waals surface area contributed by atoms with E-state index in [0.717, 1.165) is 37.1 Å². The Morgan fingerprint density at radius 2 is 1.82 bits per heavy atom. The minimum Gasteiger partial charge on any atom is -0.392 e. The minimum absolute atomic E-state index is 0.228. The predicted octanol–water partition coefficient (Wildman–Crippen LogP) is 1.50. The van der Waals surface area contributed by atoms with Gasteiger partial charge in [0.2, 0.25) is 0 Å². The summed E-state index contributed by atoms with van der Waals surface area (Å²) in [4.78, 5) is 11.3. The van der Waals surface area contributed by atoms with Gasteiger partial charge in [0.05, 0.1) is 17.6 Å². The van der Waals surface area contributed by atoms with Crippen molar-refractivity contribution in [2.75, 3.05) is 18.0 Å². The Hall–Kier alpha value is -2.21. The van der Waals surface area contributed by atoms with Crippen molar-refractivity contribution in [2.45, 2.75) is 45.6 Å². The van der Waals surface area contributed by atoms with Crippen molar-refractivity contribution in [2.24, 2.45) is 23.7 Å². The maximum atomic E-state index is 10.3. The van der Waals surface area contributed by atoms with E-state index in [0.29, 0.717) is 5.92 Å². The Morgan fingerprint density at radius 1 is 1.07 bits per heavy atom. The number of anilines is 1. The molecule has 3 aliphatic rings. The molecule has 3 heterocycles. The van der Waals surface area contributed by atoms with E-state index in [1.54, 1.807) is 6.33 Å². The fourth-order valence-electron chi connectivity index (χ4n) is 4.97. The molecule has 2 aromatic rings. The number of rotatable bonds is 3. The maximum Gasteiger partial charge on any atom is 0.159 e. The van der Waals surface area contributed by atoms with Gasteiger partial charge in [-0.15, -0.1) is 0 Å². The molecule has 1 saturated heterocycles. The molecular weight excluding hydrogens is 350 g/mol. The molecule has 5 rings (SSSR count). The van der Waals surface area contributed by atoms with Gasteiger partial charge in [-0.2, -0.15) is 5.10 Å². The second-order valence-electron chi connectivity index (χ2n) is 8.94. The van der Waals surface area contributed by atoms with Crippen LogP contribution < -0.4 is 15.5 Å². The third-order valence-corrected chi connectivity index (χ3v) is 6.94. The highest BCUT2D eigenvalue weighted by Gasteiger charge is 2.31. The third kappa shape index (κ3) is 3.04. The normalized spacial score (nSPS) is 30.2. The molecule has 6 nitrogen and oxygen atoms in total. The first-order valence-electron chi connectivity index (χ1n) is 10.6. The summed E-state index contributed by atoms with van der Waals surface area (Å²) in [6, 6.07) is 2.03. The minimum atomic E-state index is -0.246. The Kier molecular flexibility index (Phi) is 4.46. The van der Waals surface area contributed by atoms with E-state index < -0.39 is 0 Å². The molecule has 4 atom stereocenters. The van der Waals surface area contributed by atoms with Crippen LogP contribution in [0.4, 0.5) is 5.82 Å². The highest BCUT2D eigenvalue weighted by Crippen LogP contribution is 2.36. The topological polar surface area (TPSA) is 67.1 Å². The molecular formula is C22H29N5O. The Bertz CT molecular complexity index is 967. The number of hydrogen-bond acceptors (Lipinski definition) is 5. The van der Waals surface area contributed by atoms with Crippen LogP contribution in [0.3, 0.4) is 0 Å². The van der Waals surface area contributed by atoms with E-state index in [9.17, 15) is 5.11 Å². The summed E-state index contributed by atoms with van der Waals surface area (Å²) in [5, 5.41) is 17.3. The van der Waals surface area contributed by atoms with Crippen LogP contribution in [0, 0.1) is 23.7 Å². The number of aromatic nitrogens is 4. The van der Waals surface area contributed by atoms with Gasteiger partial charge in [0.25, 0.3) is 0 Å². The van der Waals surface area contributed by atoms with Gasteiger partial charge in [0.1, 0.15) is 12.1 Å². The van der Waals surface area contributed by atoms with Crippen LogP contribution >= 0.6 is 0 Å². The van der Waals surface area contributed by atoms with Gasteiger partial charge in [-0.3, -0.25) is 0 Å². The molecule has 28 heavy (non-hydrogen) atoms. The highest BCUT2D eigenvalue weighted by atomic mass is 16.3. The zero-order valence-electron chi connectivity index (χ0n) is 16.7. The second-order valence-corrected chi connectivity index (χ2v) is 8.94. The van der Waals surface area contributed by atoms with Crippen LogP contribution in [0.15, 0.2) is 18.6 Å². The number of hydrogen-bond donors (Lipinski definition) is 1. The molecule has 3 unspecified atom stereocenters. The van der Waals surface area contributed by atoms with Crippen molar-refractivity contribution in [3.05, 3.63) is 29.2 Å². The van der Waals surface area contributed by atoms with Crippen LogP contribution in [0.5, 0.6) is 0 Å². The Balaban J connectivity index is 1.48. The van der Waals surface area contributed by atoms with Crippen LogP contribution in [-0.2, 0) is 0 Å². The van der Waals surface area contributed by atoms with E-state index in [4.69, 9.17) is 0 Å². The average Bonchev–Trinajstić information content (AvgIpc) is 3.08. The SMILES string of the molecule is CC1CN(c2cc(-n3ncc4c3=CC(C3CCC3)CC=4)ncn2)C[C@H](C)C1O. The molecule has 1 saturated carbocycles. The summed E-state index contributed by atoms with van der Waals surface area (Å²) in [5.41, 5.74) is 0. The van der Waals surface area contributed by atoms with Crippen molar-refractivity contribution in [1.29, 1.82) is 0 Å². The van der Waals surface area contributed by atoms with Gasteiger partial charge in [-0.1, -0.05) is 32.4 Å². The zero-order valence-corrected chi connectivity index (χ0v) is 16.7. The summed E-state index contributed by atoms with van der Waals surface area (Å²) in [7, 11) is 0. The molecule has 148 valence electrons. The summed E-state index contributed by atoms with van der Waals surface area (Å²) < 4.78 is 1.97. The first-order chi connectivity index (χ1) is 13.6.